The minimum Gasteiger partial charge on any atom is -0.0998 e. The quantitative estimate of drug-likeness (QED) is 0.414. The third-order valence-electron chi connectivity index (χ3n) is 3.54. The van der Waals surface area contributed by atoms with Gasteiger partial charge in [0.15, 0.2) is 0 Å². The van der Waals surface area contributed by atoms with Crippen LogP contribution in [0.4, 0.5) is 0 Å². The molecule has 1 rings (SSSR count). The van der Waals surface area contributed by atoms with Crippen LogP contribution < -0.4 is 0 Å². The highest BCUT2D eigenvalue weighted by Gasteiger charge is 2.18. The van der Waals surface area contributed by atoms with E-state index in [1.807, 2.05) is 0 Å². The lowest BCUT2D eigenvalue weighted by Gasteiger charge is -2.16. The summed E-state index contributed by atoms with van der Waals surface area (Å²) in [5.41, 5.74) is 2.92. The maximum Gasteiger partial charge on any atom is 0.0903 e. The summed E-state index contributed by atoms with van der Waals surface area (Å²) in [5, 5.41) is 0. The molecule has 0 spiro atoms. The zero-order valence-electron chi connectivity index (χ0n) is 10.6. The molecule has 84 valence electrons. The van der Waals surface area contributed by atoms with Crippen LogP contribution in [-0.4, -0.2) is 0 Å². The molecule has 0 amide bonds. The van der Waals surface area contributed by atoms with E-state index in [1.54, 1.807) is 11.5 Å². The Labute approximate surface area is 95.5 Å². The van der Waals surface area contributed by atoms with Gasteiger partial charge in [0.1, 0.15) is 0 Å². The Hall–Kier alpha value is -0.650. The van der Waals surface area contributed by atoms with Gasteiger partial charge in [-0.15, -0.1) is 0 Å². The minimum atomic E-state index is 0.702. The van der Waals surface area contributed by atoms with Crippen molar-refractivity contribution in [3.05, 3.63) is 29.7 Å². The van der Waals surface area contributed by atoms with E-state index in [0.29, 0.717) is 5.92 Å². The summed E-state index contributed by atoms with van der Waals surface area (Å²) in [4.78, 5) is 0. The molecule has 1 unspecified atom stereocenters. The average Bonchev–Trinajstić information content (AvgIpc) is 2.16. The highest BCUT2D eigenvalue weighted by molar-refractivity contribution is 5.06. The van der Waals surface area contributed by atoms with E-state index in [2.05, 4.69) is 33.4 Å². The average molecular weight is 205 g/mol. The first-order valence-corrected chi connectivity index (χ1v) is 6.22. The largest absolute Gasteiger partial charge is 0.0998 e. The topological polar surface area (TPSA) is 0 Å². The lowest BCUT2D eigenvalue weighted by atomic mass is 9.86. The van der Waals surface area contributed by atoms with E-state index in [9.17, 15) is 0 Å². The maximum absolute atomic E-state index is 4.12. The molecule has 0 fully saturated rings. The predicted octanol–water partition coefficient (Wildman–Crippen LogP) is 5.07. The number of hydrogen-bond donors (Lipinski definition) is 0. The molecule has 0 bridgehead atoms. The van der Waals surface area contributed by atoms with Crippen LogP contribution in [0.3, 0.4) is 0 Å². The van der Waals surface area contributed by atoms with Crippen LogP contribution in [0.2, 0.25) is 0 Å². The van der Waals surface area contributed by atoms with Crippen LogP contribution >= 0.6 is 0 Å². The zero-order chi connectivity index (χ0) is 11.3. The van der Waals surface area contributed by atoms with Crippen LogP contribution in [0.1, 0.15) is 59.3 Å². The molecule has 0 aliphatic heterocycles. The van der Waals surface area contributed by atoms with Crippen LogP contribution in [0.25, 0.3) is 0 Å². The molecule has 0 saturated carbocycles. The number of rotatable bonds is 1. The van der Waals surface area contributed by atoms with Crippen molar-refractivity contribution in [2.24, 2.45) is 5.92 Å². The van der Waals surface area contributed by atoms with Crippen molar-refractivity contribution in [3.8, 4) is 0 Å². The molecule has 0 aromatic heterocycles. The van der Waals surface area contributed by atoms with Gasteiger partial charge in [0.2, 0.25) is 0 Å². The first-order valence-electron chi connectivity index (χ1n) is 6.22. The molecule has 0 aromatic carbocycles. The van der Waals surface area contributed by atoms with Crippen molar-refractivity contribution >= 4 is 0 Å². The second kappa shape index (κ2) is 6.05. The van der Waals surface area contributed by atoms with Crippen LogP contribution in [0, 0.1) is 11.8 Å². The van der Waals surface area contributed by atoms with Gasteiger partial charge in [-0.1, -0.05) is 23.8 Å². The lowest BCUT2D eigenvalue weighted by molar-refractivity contribution is 0.522. The summed E-state index contributed by atoms with van der Waals surface area (Å²) in [6.07, 6.45) is 10.2. The molecular weight excluding hydrogens is 180 g/mol. The van der Waals surface area contributed by atoms with Gasteiger partial charge in [-0.25, -0.2) is 0 Å². The Bertz CT molecular complexity index is 234. The summed E-state index contributed by atoms with van der Waals surface area (Å²) >= 11 is 0. The van der Waals surface area contributed by atoms with Gasteiger partial charge in [-0.05, 0) is 45.4 Å². The van der Waals surface area contributed by atoms with Gasteiger partial charge >= 0.3 is 0 Å². The number of hydrogen-bond acceptors (Lipinski definition) is 0. The van der Waals surface area contributed by atoms with Crippen molar-refractivity contribution in [3.63, 3.8) is 0 Å². The molecule has 15 heavy (non-hydrogen) atoms. The highest BCUT2D eigenvalue weighted by atomic mass is 14.2. The summed E-state index contributed by atoms with van der Waals surface area (Å²) in [6, 6.07) is 0. The minimum absolute atomic E-state index is 0.702. The van der Waals surface area contributed by atoms with Gasteiger partial charge in [-0.3, -0.25) is 0 Å². The first kappa shape index (κ1) is 12.4. The molecule has 1 aliphatic rings. The smallest absolute Gasteiger partial charge is 0.0903 e. The third kappa shape index (κ3) is 4.59. The van der Waals surface area contributed by atoms with Crippen LogP contribution in [0.15, 0.2) is 23.8 Å². The standard InChI is InChI=1S/C15H25/c1-12(2)15-10-8-13(3)6-5-7-14(4)9-11-15/h8,15H,1,5-7,9-11H2,2-4H3/q+1/b13-8+. The highest BCUT2D eigenvalue weighted by Crippen LogP contribution is 2.28. The van der Waals surface area contributed by atoms with Crippen molar-refractivity contribution < 1.29 is 0 Å². The Morgan fingerprint density at radius 1 is 1.47 bits per heavy atom. The Morgan fingerprint density at radius 2 is 2.20 bits per heavy atom. The second-order valence-electron chi connectivity index (χ2n) is 5.18. The fourth-order valence-corrected chi connectivity index (χ4v) is 2.23. The molecule has 0 radical (unpaired) electrons. The fraction of sp³-hybridized carbons (Fsp3) is 0.667. The SMILES string of the molecule is C=C(C)C1C/C=C(\C)CCC[C+](C)CC1. The third-order valence-corrected chi connectivity index (χ3v) is 3.54. The van der Waals surface area contributed by atoms with E-state index in [4.69, 9.17) is 0 Å². The van der Waals surface area contributed by atoms with Crippen molar-refractivity contribution in [2.75, 3.05) is 0 Å². The molecule has 0 saturated heterocycles. The first-order chi connectivity index (χ1) is 7.09. The van der Waals surface area contributed by atoms with Gasteiger partial charge in [0.25, 0.3) is 0 Å². The van der Waals surface area contributed by atoms with E-state index in [0.717, 1.165) is 0 Å². The molecule has 0 heteroatoms. The van der Waals surface area contributed by atoms with E-state index >= 15 is 0 Å². The fourth-order valence-electron chi connectivity index (χ4n) is 2.23. The number of allylic oxidation sites excluding steroid dienone is 3. The molecule has 1 aliphatic carbocycles. The second-order valence-corrected chi connectivity index (χ2v) is 5.18. The molecular formula is C15H25+. The molecule has 1 atom stereocenters. The maximum atomic E-state index is 4.12. The van der Waals surface area contributed by atoms with Crippen molar-refractivity contribution in [1.82, 2.24) is 0 Å². The normalized spacial score (nSPS) is 28.1. The summed E-state index contributed by atoms with van der Waals surface area (Å²) in [6.45, 7) is 10.9. The Morgan fingerprint density at radius 3 is 2.87 bits per heavy atom. The van der Waals surface area contributed by atoms with Gasteiger partial charge in [0, 0.05) is 0 Å². The predicted molar refractivity (Wildman–Crippen MR) is 68.7 cm³/mol. The van der Waals surface area contributed by atoms with E-state index < -0.39 is 0 Å². The Kier molecular flexibility index (Phi) is 5.01. The Balaban J connectivity index is 2.61. The van der Waals surface area contributed by atoms with E-state index in [-0.39, 0.29) is 0 Å². The molecule has 0 nitrogen and oxygen atoms in total. The summed E-state index contributed by atoms with van der Waals surface area (Å²) < 4.78 is 0. The molecule has 0 N–H and O–H groups in total. The van der Waals surface area contributed by atoms with Crippen molar-refractivity contribution in [2.45, 2.75) is 59.3 Å². The van der Waals surface area contributed by atoms with Gasteiger partial charge in [0.05, 0.1) is 25.7 Å². The summed E-state index contributed by atoms with van der Waals surface area (Å²) in [7, 11) is 0. The van der Waals surface area contributed by atoms with Crippen LogP contribution in [-0.2, 0) is 0 Å². The monoisotopic (exact) mass is 205 g/mol. The van der Waals surface area contributed by atoms with E-state index in [1.165, 1.54) is 44.1 Å². The molecule has 0 heterocycles. The zero-order valence-corrected chi connectivity index (χ0v) is 10.6. The van der Waals surface area contributed by atoms with Gasteiger partial charge in [-0.2, -0.15) is 0 Å². The lowest BCUT2D eigenvalue weighted by Crippen LogP contribution is -2.05. The van der Waals surface area contributed by atoms with Crippen molar-refractivity contribution in [1.29, 1.82) is 0 Å². The molecule has 0 aromatic rings. The summed E-state index contributed by atoms with van der Waals surface area (Å²) in [5.74, 6) is 2.38. The van der Waals surface area contributed by atoms with Crippen LogP contribution in [0.5, 0.6) is 0 Å². The van der Waals surface area contributed by atoms with Gasteiger partial charge < -0.3 is 0 Å².